The standard InChI is InChI=1S/C6H5Br3N2.H3O4P/c7-3-1-2-4(8)6(11-10)5(3)9;1-5(2,3)4/h1-2,11H,10H2;(H3,1,2,3,4). The summed E-state index contributed by atoms with van der Waals surface area (Å²) in [5.74, 6) is 5.29. The first kappa shape index (κ1) is 16.5. The maximum Gasteiger partial charge on any atom is 0.466 e. The number of anilines is 1. The van der Waals surface area contributed by atoms with Gasteiger partial charge >= 0.3 is 7.82 Å². The Morgan fingerprint density at radius 1 is 1.12 bits per heavy atom. The van der Waals surface area contributed by atoms with Crippen molar-refractivity contribution < 1.29 is 19.2 Å². The van der Waals surface area contributed by atoms with Gasteiger partial charge in [0.25, 0.3) is 0 Å². The minimum absolute atomic E-state index is 0.833. The smallest absolute Gasteiger partial charge is 0.322 e. The molecule has 10 heteroatoms. The molecule has 92 valence electrons. The van der Waals surface area contributed by atoms with E-state index in [0.29, 0.717) is 0 Å². The van der Waals surface area contributed by atoms with Gasteiger partial charge in [-0.15, -0.1) is 0 Å². The molecule has 6 N–H and O–H groups in total. The predicted octanol–water partition coefficient (Wildman–Crippen LogP) is 2.33. The zero-order valence-corrected chi connectivity index (χ0v) is 13.2. The fourth-order valence-electron chi connectivity index (χ4n) is 0.659. The quantitative estimate of drug-likeness (QED) is 0.197. The molecule has 0 bridgehead atoms. The summed E-state index contributed by atoms with van der Waals surface area (Å²) in [6.07, 6.45) is 0. The summed E-state index contributed by atoms with van der Waals surface area (Å²) in [7, 11) is -4.64. The molecule has 6 nitrogen and oxygen atoms in total. The molecule has 1 aromatic rings. The Balaban J connectivity index is 0.000000385. The maximum absolute atomic E-state index is 8.88. The molecule has 0 saturated heterocycles. The molecule has 0 aliphatic rings. The van der Waals surface area contributed by atoms with Crippen molar-refractivity contribution in [3.05, 3.63) is 25.6 Å². The molecule has 0 radical (unpaired) electrons. The van der Waals surface area contributed by atoms with E-state index in [1.807, 2.05) is 12.1 Å². The highest BCUT2D eigenvalue weighted by Gasteiger charge is 2.05. The van der Waals surface area contributed by atoms with Crippen molar-refractivity contribution in [2.24, 2.45) is 5.84 Å². The summed E-state index contributed by atoms with van der Waals surface area (Å²) < 4.78 is 11.7. The van der Waals surface area contributed by atoms with Crippen molar-refractivity contribution in [3.8, 4) is 0 Å². The molecule has 0 spiro atoms. The van der Waals surface area contributed by atoms with Crippen LogP contribution in [0.1, 0.15) is 0 Å². The van der Waals surface area contributed by atoms with E-state index in [0.717, 1.165) is 19.1 Å². The second-order valence-corrected chi connectivity index (χ2v) is 5.90. The van der Waals surface area contributed by atoms with Crippen molar-refractivity contribution in [1.82, 2.24) is 0 Å². The van der Waals surface area contributed by atoms with Gasteiger partial charge in [-0.05, 0) is 59.9 Å². The topological polar surface area (TPSA) is 116 Å². The first-order valence-corrected chi connectivity index (χ1v) is 7.49. The van der Waals surface area contributed by atoms with Crippen molar-refractivity contribution in [1.29, 1.82) is 0 Å². The van der Waals surface area contributed by atoms with Gasteiger partial charge in [-0.25, -0.2) is 4.57 Å². The van der Waals surface area contributed by atoms with Crippen LogP contribution in [-0.2, 0) is 4.57 Å². The molecule has 0 saturated carbocycles. The molecular weight excluding hydrogens is 435 g/mol. The Hall–Kier alpha value is 0.530. The molecule has 0 aliphatic carbocycles. The number of nitrogens with two attached hydrogens (primary N) is 1. The molecule has 0 amide bonds. The van der Waals surface area contributed by atoms with Crippen molar-refractivity contribution in [2.45, 2.75) is 0 Å². The number of nitrogens with one attached hydrogen (secondary N) is 1. The van der Waals surface area contributed by atoms with Crippen LogP contribution < -0.4 is 11.3 Å². The number of rotatable bonds is 1. The Morgan fingerprint density at radius 2 is 1.50 bits per heavy atom. The van der Waals surface area contributed by atoms with E-state index in [-0.39, 0.29) is 0 Å². The number of nitrogen functional groups attached to an aromatic ring is 1. The number of hydrazine groups is 1. The van der Waals surface area contributed by atoms with Gasteiger partial charge in [-0.1, -0.05) is 0 Å². The fraction of sp³-hybridized carbons (Fsp3) is 0. The number of hydrogen-bond acceptors (Lipinski definition) is 3. The third-order valence-electron chi connectivity index (χ3n) is 1.19. The minimum Gasteiger partial charge on any atom is -0.322 e. The zero-order valence-electron chi connectivity index (χ0n) is 7.56. The van der Waals surface area contributed by atoms with E-state index in [1.165, 1.54) is 0 Å². The summed E-state index contributed by atoms with van der Waals surface area (Å²) >= 11 is 10.1. The van der Waals surface area contributed by atoms with Gasteiger partial charge in [-0.2, -0.15) is 0 Å². The first-order valence-electron chi connectivity index (χ1n) is 3.55. The van der Waals surface area contributed by atoms with Crippen LogP contribution in [0.2, 0.25) is 0 Å². The monoisotopic (exact) mass is 440 g/mol. The minimum atomic E-state index is -4.64. The highest BCUT2D eigenvalue weighted by molar-refractivity contribution is 9.13. The Bertz CT molecular complexity index is 403. The van der Waals surface area contributed by atoms with Gasteiger partial charge in [0.1, 0.15) is 0 Å². The SMILES string of the molecule is NNc1c(Br)ccc(Br)c1Br.O=P(O)(O)O. The third-order valence-corrected chi connectivity index (χ3v) is 3.87. The van der Waals surface area contributed by atoms with Crippen LogP contribution in [-0.4, -0.2) is 14.7 Å². The van der Waals surface area contributed by atoms with Gasteiger partial charge in [-0.3, -0.25) is 5.84 Å². The third kappa shape index (κ3) is 6.97. The van der Waals surface area contributed by atoms with E-state index in [1.54, 1.807) is 0 Å². The fourth-order valence-corrected chi connectivity index (χ4v) is 2.16. The molecule has 1 aromatic carbocycles. The molecule has 0 unspecified atom stereocenters. The van der Waals surface area contributed by atoms with E-state index in [2.05, 4.69) is 53.2 Å². The summed E-state index contributed by atoms with van der Waals surface area (Å²) in [5, 5.41) is 0. The Kier molecular flexibility index (Phi) is 7.31. The zero-order chi connectivity index (χ0) is 12.9. The molecule has 0 atom stereocenters. The number of benzene rings is 1. The van der Waals surface area contributed by atoms with Gasteiger partial charge in [0.15, 0.2) is 0 Å². The lowest BCUT2D eigenvalue weighted by molar-refractivity contribution is 0.275. The van der Waals surface area contributed by atoms with Gasteiger partial charge in [0.05, 0.1) is 10.2 Å². The lowest BCUT2D eigenvalue weighted by atomic mass is 10.3. The van der Waals surface area contributed by atoms with Crippen LogP contribution in [0, 0.1) is 0 Å². The lowest BCUT2D eigenvalue weighted by Crippen LogP contribution is -2.08. The summed E-state index contributed by atoms with van der Waals surface area (Å²) in [6.45, 7) is 0. The summed E-state index contributed by atoms with van der Waals surface area (Å²) in [6, 6.07) is 3.83. The molecule has 0 fully saturated rings. The van der Waals surface area contributed by atoms with E-state index in [9.17, 15) is 0 Å². The van der Waals surface area contributed by atoms with Crippen molar-refractivity contribution >= 4 is 61.3 Å². The lowest BCUT2D eigenvalue weighted by Gasteiger charge is -2.06. The normalized spacial score (nSPS) is 10.4. The molecule has 16 heavy (non-hydrogen) atoms. The Labute approximate surface area is 117 Å². The van der Waals surface area contributed by atoms with Gasteiger partial charge in [0.2, 0.25) is 0 Å². The van der Waals surface area contributed by atoms with Crippen LogP contribution in [0.3, 0.4) is 0 Å². The maximum atomic E-state index is 8.88. The number of halogens is 3. The molecule has 0 aromatic heterocycles. The number of hydrogen-bond donors (Lipinski definition) is 5. The largest absolute Gasteiger partial charge is 0.466 e. The summed E-state index contributed by atoms with van der Waals surface area (Å²) in [4.78, 5) is 21.6. The molecule has 0 heterocycles. The first-order chi connectivity index (χ1) is 7.16. The second-order valence-electron chi connectivity index (χ2n) is 2.38. The van der Waals surface area contributed by atoms with E-state index in [4.69, 9.17) is 25.1 Å². The Morgan fingerprint density at radius 3 is 1.81 bits per heavy atom. The van der Waals surface area contributed by atoms with E-state index >= 15 is 0 Å². The summed E-state index contributed by atoms with van der Waals surface area (Å²) in [5.41, 5.74) is 3.41. The van der Waals surface area contributed by atoms with Crippen LogP contribution >= 0.6 is 55.6 Å². The predicted molar refractivity (Wildman–Crippen MR) is 71.6 cm³/mol. The number of phosphoric acid groups is 1. The van der Waals surface area contributed by atoms with Crippen LogP contribution in [0.15, 0.2) is 25.6 Å². The van der Waals surface area contributed by atoms with Gasteiger partial charge < -0.3 is 20.1 Å². The van der Waals surface area contributed by atoms with Crippen LogP contribution in [0.25, 0.3) is 0 Å². The highest BCUT2D eigenvalue weighted by Crippen LogP contribution is 2.35. The van der Waals surface area contributed by atoms with Gasteiger partial charge in [0, 0.05) is 8.95 Å². The highest BCUT2D eigenvalue weighted by atomic mass is 79.9. The van der Waals surface area contributed by atoms with Crippen molar-refractivity contribution in [2.75, 3.05) is 5.43 Å². The molecule has 1 rings (SSSR count). The molecule has 0 aliphatic heterocycles. The molecular formula is C6H8Br3N2O4P. The van der Waals surface area contributed by atoms with E-state index < -0.39 is 7.82 Å². The van der Waals surface area contributed by atoms with Crippen LogP contribution in [0.4, 0.5) is 5.69 Å². The average molecular weight is 443 g/mol. The average Bonchev–Trinajstić information content (AvgIpc) is 2.10. The van der Waals surface area contributed by atoms with Crippen LogP contribution in [0.5, 0.6) is 0 Å². The second kappa shape index (κ2) is 7.07. The van der Waals surface area contributed by atoms with Crippen molar-refractivity contribution in [3.63, 3.8) is 0 Å².